The fourth-order valence-electron chi connectivity index (χ4n) is 3.15. The highest BCUT2D eigenvalue weighted by atomic mass is 35.5. The lowest BCUT2D eigenvalue weighted by Gasteiger charge is -2.30. The van der Waals surface area contributed by atoms with Gasteiger partial charge in [0.2, 0.25) is 0 Å². The predicted molar refractivity (Wildman–Crippen MR) is 88.2 cm³/mol. The maximum absolute atomic E-state index is 12.8. The SMILES string of the molecule is CC1=C(CC(=O)O)C2=CC(=O)C(Cl)CC2N1C(=O)c1csc(O)c1. The molecule has 0 saturated heterocycles. The Morgan fingerprint density at radius 3 is 2.75 bits per heavy atom. The number of carbonyl (C=O) groups excluding carboxylic acids is 2. The lowest BCUT2D eigenvalue weighted by molar-refractivity contribution is -0.136. The van der Waals surface area contributed by atoms with Crippen LogP contribution < -0.4 is 0 Å². The van der Waals surface area contributed by atoms with Crippen molar-refractivity contribution in [3.8, 4) is 5.06 Å². The normalized spacial score (nSPS) is 23.3. The number of carboxylic acid groups (broad SMARTS) is 1. The second-order valence-corrected chi connectivity index (χ2v) is 7.12. The summed E-state index contributed by atoms with van der Waals surface area (Å²) in [6.45, 7) is 1.66. The van der Waals surface area contributed by atoms with Gasteiger partial charge in [0.25, 0.3) is 5.91 Å². The molecule has 1 aliphatic heterocycles. The summed E-state index contributed by atoms with van der Waals surface area (Å²) in [4.78, 5) is 37.4. The number of thiophene rings is 1. The molecule has 2 heterocycles. The number of halogens is 1. The van der Waals surface area contributed by atoms with Crippen LogP contribution in [0.5, 0.6) is 5.06 Å². The average molecular weight is 368 g/mol. The van der Waals surface area contributed by atoms with Gasteiger partial charge >= 0.3 is 5.97 Å². The Labute approximate surface area is 146 Å². The standard InChI is InChI=1S/C16H14ClNO5S/c1-7-9(4-14(20)21)10-3-13(19)11(17)5-12(10)18(7)16(23)8-2-15(22)24-6-8/h2-3,6,11-12,22H,4-5H2,1H3,(H,20,21). The van der Waals surface area contributed by atoms with Gasteiger partial charge in [0, 0.05) is 17.1 Å². The van der Waals surface area contributed by atoms with Crippen LogP contribution in [0, 0.1) is 0 Å². The molecule has 1 aliphatic carbocycles. The van der Waals surface area contributed by atoms with Crippen molar-refractivity contribution in [1.82, 2.24) is 4.90 Å². The molecule has 1 aromatic rings. The van der Waals surface area contributed by atoms with Crippen LogP contribution in [0.4, 0.5) is 0 Å². The highest BCUT2D eigenvalue weighted by molar-refractivity contribution is 7.12. The molecule has 3 rings (SSSR count). The van der Waals surface area contributed by atoms with Gasteiger partial charge in [-0.2, -0.15) is 0 Å². The number of rotatable bonds is 3. The molecule has 0 saturated carbocycles. The van der Waals surface area contributed by atoms with Crippen LogP contribution in [-0.4, -0.2) is 44.2 Å². The van der Waals surface area contributed by atoms with E-state index >= 15 is 0 Å². The number of carbonyl (C=O) groups is 3. The lowest BCUT2D eigenvalue weighted by atomic mass is 9.89. The van der Waals surface area contributed by atoms with Gasteiger partial charge in [-0.3, -0.25) is 14.4 Å². The Morgan fingerprint density at radius 1 is 1.46 bits per heavy atom. The van der Waals surface area contributed by atoms with E-state index in [2.05, 4.69) is 0 Å². The van der Waals surface area contributed by atoms with Crippen molar-refractivity contribution >= 4 is 40.6 Å². The Balaban J connectivity index is 2.06. The van der Waals surface area contributed by atoms with E-state index in [-0.39, 0.29) is 29.6 Å². The smallest absolute Gasteiger partial charge is 0.307 e. The first-order valence-corrected chi connectivity index (χ1v) is 8.53. The van der Waals surface area contributed by atoms with Gasteiger partial charge in [0.1, 0.15) is 0 Å². The summed E-state index contributed by atoms with van der Waals surface area (Å²) in [6.07, 6.45) is 1.31. The number of alkyl halides is 1. The Morgan fingerprint density at radius 2 is 2.17 bits per heavy atom. The maximum atomic E-state index is 12.8. The molecule has 126 valence electrons. The van der Waals surface area contributed by atoms with E-state index in [1.165, 1.54) is 22.4 Å². The minimum Gasteiger partial charge on any atom is -0.499 e. The molecule has 1 amide bonds. The number of hydrogen-bond acceptors (Lipinski definition) is 5. The van der Waals surface area contributed by atoms with Crippen LogP contribution in [0.25, 0.3) is 0 Å². The van der Waals surface area contributed by atoms with Gasteiger partial charge in [0.05, 0.1) is 23.4 Å². The van der Waals surface area contributed by atoms with E-state index in [1.807, 2.05) is 0 Å². The molecule has 0 spiro atoms. The Kier molecular flexibility index (Phi) is 4.23. The number of nitrogens with zero attached hydrogens (tertiary/aromatic N) is 1. The van der Waals surface area contributed by atoms with Crippen LogP contribution in [-0.2, 0) is 9.59 Å². The first kappa shape index (κ1) is 16.7. The Hall–Kier alpha value is -2.12. The molecule has 2 N–H and O–H groups in total. The number of allylic oxidation sites excluding steroid dienone is 2. The maximum Gasteiger partial charge on any atom is 0.307 e. The van der Waals surface area contributed by atoms with Crippen molar-refractivity contribution in [3.63, 3.8) is 0 Å². The highest BCUT2D eigenvalue weighted by Crippen LogP contribution is 2.42. The van der Waals surface area contributed by atoms with Gasteiger partial charge in [-0.25, -0.2) is 0 Å². The average Bonchev–Trinajstić information content (AvgIpc) is 3.03. The summed E-state index contributed by atoms with van der Waals surface area (Å²) in [6, 6.07) is 0.902. The largest absolute Gasteiger partial charge is 0.499 e. The quantitative estimate of drug-likeness (QED) is 0.800. The predicted octanol–water partition coefficient (Wildman–Crippen LogP) is 2.53. The summed E-state index contributed by atoms with van der Waals surface area (Å²) < 4.78 is 0. The molecular formula is C16H14ClNO5S. The number of fused-ring (bicyclic) bond motifs is 1. The minimum atomic E-state index is -1.04. The third kappa shape index (κ3) is 2.74. The van der Waals surface area contributed by atoms with E-state index < -0.39 is 17.4 Å². The molecule has 2 aliphatic rings. The van der Waals surface area contributed by atoms with E-state index in [9.17, 15) is 19.5 Å². The van der Waals surface area contributed by atoms with Crippen molar-refractivity contribution in [2.24, 2.45) is 0 Å². The van der Waals surface area contributed by atoms with Crippen LogP contribution in [0.1, 0.15) is 30.1 Å². The molecule has 0 fully saturated rings. The number of amides is 1. The molecule has 1 aromatic heterocycles. The van der Waals surface area contributed by atoms with Gasteiger partial charge < -0.3 is 15.1 Å². The zero-order valence-corrected chi connectivity index (χ0v) is 14.2. The third-order valence-corrected chi connectivity index (χ3v) is 5.36. The fraction of sp³-hybridized carbons (Fsp3) is 0.312. The topological polar surface area (TPSA) is 94.9 Å². The molecule has 0 bridgehead atoms. The highest BCUT2D eigenvalue weighted by Gasteiger charge is 2.43. The second kappa shape index (κ2) is 6.07. The summed E-state index contributed by atoms with van der Waals surface area (Å²) >= 11 is 7.09. The molecular weight excluding hydrogens is 354 g/mol. The van der Waals surface area contributed by atoms with Gasteiger partial charge in [-0.05, 0) is 30.6 Å². The second-order valence-electron chi connectivity index (χ2n) is 5.70. The van der Waals surface area contributed by atoms with Crippen molar-refractivity contribution in [1.29, 1.82) is 0 Å². The summed E-state index contributed by atoms with van der Waals surface area (Å²) in [7, 11) is 0. The van der Waals surface area contributed by atoms with Gasteiger partial charge in [-0.1, -0.05) is 0 Å². The number of carboxylic acids is 1. The molecule has 8 heteroatoms. The first-order valence-electron chi connectivity index (χ1n) is 7.22. The van der Waals surface area contributed by atoms with Crippen LogP contribution in [0.3, 0.4) is 0 Å². The number of aliphatic carboxylic acids is 1. The zero-order chi connectivity index (χ0) is 17.6. The number of aromatic hydroxyl groups is 1. The van der Waals surface area contributed by atoms with Crippen molar-refractivity contribution in [3.05, 3.63) is 39.9 Å². The van der Waals surface area contributed by atoms with Gasteiger partial charge in [-0.15, -0.1) is 22.9 Å². The molecule has 6 nitrogen and oxygen atoms in total. The zero-order valence-electron chi connectivity index (χ0n) is 12.7. The first-order chi connectivity index (χ1) is 11.3. The minimum absolute atomic E-state index is 0.0229. The van der Waals surface area contributed by atoms with E-state index in [0.29, 0.717) is 22.4 Å². The van der Waals surface area contributed by atoms with Gasteiger partial charge in [0.15, 0.2) is 10.8 Å². The monoisotopic (exact) mass is 367 g/mol. The molecule has 2 atom stereocenters. The van der Waals surface area contributed by atoms with Crippen LogP contribution in [0.15, 0.2) is 34.4 Å². The summed E-state index contributed by atoms with van der Waals surface area (Å²) in [5.41, 5.74) is 1.83. The third-order valence-electron chi connectivity index (χ3n) is 4.23. The Bertz CT molecular complexity index is 809. The lowest BCUT2D eigenvalue weighted by Crippen LogP contribution is -2.40. The molecule has 0 radical (unpaired) electrons. The van der Waals surface area contributed by atoms with Crippen LogP contribution >= 0.6 is 22.9 Å². The molecule has 2 unspecified atom stereocenters. The summed E-state index contributed by atoms with van der Waals surface area (Å²) in [5, 5.41) is 19.4. The van der Waals surface area contributed by atoms with E-state index in [1.54, 1.807) is 6.92 Å². The molecule has 0 aromatic carbocycles. The van der Waals surface area contributed by atoms with Crippen LogP contribution in [0.2, 0.25) is 0 Å². The fourth-order valence-corrected chi connectivity index (χ4v) is 3.99. The summed E-state index contributed by atoms with van der Waals surface area (Å²) in [5.74, 6) is -1.66. The molecule has 24 heavy (non-hydrogen) atoms. The van der Waals surface area contributed by atoms with Crippen molar-refractivity contribution in [2.75, 3.05) is 0 Å². The van der Waals surface area contributed by atoms with Crippen molar-refractivity contribution < 1.29 is 24.6 Å². The number of ketones is 1. The van der Waals surface area contributed by atoms with Crippen molar-refractivity contribution in [2.45, 2.75) is 31.2 Å². The van der Waals surface area contributed by atoms with E-state index in [4.69, 9.17) is 16.7 Å². The van der Waals surface area contributed by atoms with E-state index in [0.717, 1.165) is 11.3 Å². The number of hydrogen-bond donors (Lipinski definition) is 2.